The minimum Gasteiger partial charge on any atom is -0.225 e. The van der Waals surface area contributed by atoms with Crippen LogP contribution in [0.5, 0.6) is 0 Å². The molecule has 21 heavy (non-hydrogen) atoms. The molecular formula is C16H16O2S3. The molecule has 0 fully saturated rings. The van der Waals surface area contributed by atoms with Gasteiger partial charge in [-0.2, -0.15) is 0 Å². The molecule has 0 spiro atoms. The predicted octanol–water partition coefficient (Wildman–Crippen LogP) is 4.54. The lowest BCUT2D eigenvalue weighted by atomic mass is 10.2. The van der Waals surface area contributed by atoms with Crippen LogP contribution >= 0.6 is 23.5 Å². The summed E-state index contributed by atoms with van der Waals surface area (Å²) in [5, 5.41) is 1.34. The largest absolute Gasteiger partial charge is 0.225 e. The smallest absolute Gasteiger partial charge is 0.169 e. The van der Waals surface area contributed by atoms with Gasteiger partial charge in [0.15, 0.2) is 9.84 Å². The normalized spacial score (nSPS) is 12.4. The topological polar surface area (TPSA) is 34.1 Å². The molecule has 0 atom stereocenters. The molecule has 0 saturated carbocycles. The van der Waals surface area contributed by atoms with Gasteiger partial charge in [-0.3, -0.25) is 0 Å². The van der Waals surface area contributed by atoms with Crippen molar-refractivity contribution in [1.29, 1.82) is 0 Å². The van der Waals surface area contributed by atoms with Crippen molar-refractivity contribution in [2.75, 3.05) is 12.5 Å². The molecule has 0 radical (unpaired) electrons. The monoisotopic (exact) mass is 336 g/mol. The van der Waals surface area contributed by atoms with Crippen LogP contribution in [-0.4, -0.2) is 20.9 Å². The third-order valence-electron chi connectivity index (χ3n) is 2.66. The van der Waals surface area contributed by atoms with Crippen LogP contribution < -0.4 is 0 Å². The van der Waals surface area contributed by atoms with E-state index in [4.69, 9.17) is 0 Å². The van der Waals surface area contributed by atoms with E-state index in [-0.39, 0.29) is 0 Å². The molecule has 0 bridgehead atoms. The highest BCUT2D eigenvalue weighted by Gasteiger charge is 2.10. The Morgan fingerprint density at radius 2 is 1.62 bits per heavy atom. The van der Waals surface area contributed by atoms with E-state index in [0.717, 1.165) is 20.3 Å². The maximum Gasteiger partial charge on any atom is 0.169 e. The van der Waals surface area contributed by atoms with E-state index >= 15 is 0 Å². The molecule has 0 heterocycles. The highest BCUT2D eigenvalue weighted by Crippen LogP contribution is 2.37. The number of thioether (sulfide) groups is 1. The average molecular weight is 337 g/mol. The third-order valence-corrected chi connectivity index (χ3v) is 5.34. The van der Waals surface area contributed by atoms with Crippen LogP contribution in [0.15, 0.2) is 69.8 Å². The Morgan fingerprint density at radius 3 is 2.24 bits per heavy atom. The Bertz CT molecular complexity index is 735. The number of sulfone groups is 1. The Balaban J connectivity index is 2.43. The minimum atomic E-state index is -3.17. The molecule has 2 aromatic rings. The lowest BCUT2D eigenvalue weighted by molar-refractivity contribution is 0.610. The quantitative estimate of drug-likeness (QED) is 0.802. The zero-order valence-corrected chi connectivity index (χ0v) is 14.3. The predicted molar refractivity (Wildman–Crippen MR) is 93.3 cm³/mol. The summed E-state index contributed by atoms with van der Waals surface area (Å²) in [5.41, 5.74) is 0.948. The van der Waals surface area contributed by atoms with E-state index in [9.17, 15) is 8.42 Å². The number of benzene rings is 2. The maximum absolute atomic E-state index is 11.5. The van der Waals surface area contributed by atoms with Crippen LogP contribution in [-0.2, 0) is 9.84 Å². The summed E-state index contributed by atoms with van der Waals surface area (Å²) in [5.74, 6) is 0. The van der Waals surface area contributed by atoms with E-state index in [1.807, 2.05) is 60.9 Å². The van der Waals surface area contributed by atoms with Gasteiger partial charge in [0, 0.05) is 31.9 Å². The van der Waals surface area contributed by atoms with Crippen molar-refractivity contribution in [3.8, 4) is 0 Å². The zero-order valence-electron chi connectivity index (χ0n) is 11.8. The number of rotatable bonds is 5. The Morgan fingerprint density at radius 1 is 1.00 bits per heavy atom. The molecule has 0 aromatic heterocycles. The summed E-state index contributed by atoms with van der Waals surface area (Å²) in [7, 11) is -3.17. The molecule has 0 N–H and O–H groups in total. The number of hydrogen-bond donors (Lipinski definition) is 0. The van der Waals surface area contributed by atoms with Crippen LogP contribution in [0, 0.1) is 0 Å². The lowest BCUT2D eigenvalue weighted by Gasteiger charge is -2.11. The van der Waals surface area contributed by atoms with E-state index in [1.54, 1.807) is 11.8 Å². The standard InChI is InChI=1S/C16H16O2S3/c1-19-16(12-21(2,17)18)14-10-6-7-11-15(14)20-13-8-4-3-5-9-13/h3-12H,1-2H3/b16-12-. The van der Waals surface area contributed by atoms with Crippen molar-refractivity contribution in [2.45, 2.75) is 9.79 Å². The van der Waals surface area contributed by atoms with Gasteiger partial charge in [0.25, 0.3) is 0 Å². The fourth-order valence-electron chi connectivity index (χ4n) is 1.79. The van der Waals surface area contributed by atoms with E-state index in [1.165, 1.54) is 23.4 Å². The van der Waals surface area contributed by atoms with Gasteiger partial charge in [-0.05, 0) is 24.5 Å². The van der Waals surface area contributed by atoms with Crippen molar-refractivity contribution in [3.05, 3.63) is 65.6 Å². The van der Waals surface area contributed by atoms with Crippen molar-refractivity contribution < 1.29 is 8.42 Å². The summed E-state index contributed by atoms with van der Waals surface area (Å²) >= 11 is 3.08. The first kappa shape index (κ1) is 16.2. The molecule has 0 aliphatic carbocycles. The van der Waals surface area contributed by atoms with Gasteiger partial charge in [-0.1, -0.05) is 48.2 Å². The fourth-order valence-corrected chi connectivity index (χ4v) is 4.66. The third kappa shape index (κ3) is 4.95. The molecular weight excluding hydrogens is 320 g/mol. The van der Waals surface area contributed by atoms with Gasteiger partial charge in [-0.15, -0.1) is 11.8 Å². The second kappa shape index (κ2) is 7.20. The molecule has 110 valence electrons. The summed E-state index contributed by atoms with van der Waals surface area (Å²) in [4.78, 5) is 2.94. The van der Waals surface area contributed by atoms with Crippen molar-refractivity contribution in [1.82, 2.24) is 0 Å². The number of hydrogen-bond acceptors (Lipinski definition) is 4. The van der Waals surface area contributed by atoms with Crippen LogP contribution in [0.1, 0.15) is 5.56 Å². The molecule has 0 saturated heterocycles. The summed E-state index contributed by atoms with van der Waals surface area (Å²) in [6, 6.07) is 17.9. The SMILES string of the molecule is CS/C(=C\S(C)(=O)=O)c1ccccc1Sc1ccccc1. The average Bonchev–Trinajstić information content (AvgIpc) is 2.46. The maximum atomic E-state index is 11.5. The van der Waals surface area contributed by atoms with Crippen LogP contribution in [0.3, 0.4) is 0 Å². The van der Waals surface area contributed by atoms with Crippen molar-refractivity contribution >= 4 is 38.3 Å². The zero-order chi connectivity index (χ0) is 15.3. The van der Waals surface area contributed by atoms with Gasteiger partial charge in [0.05, 0.1) is 0 Å². The highest BCUT2D eigenvalue weighted by atomic mass is 32.2. The van der Waals surface area contributed by atoms with Crippen molar-refractivity contribution in [3.63, 3.8) is 0 Å². The fraction of sp³-hybridized carbons (Fsp3) is 0.125. The van der Waals surface area contributed by atoms with Crippen molar-refractivity contribution in [2.24, 2.45) is 0 Å². The van der Waals surface area contributed by atoms with Gasteiger partial charge in [0.1, 0.15) is 0 Å². The van der Waals surface area contributed by atoms with Crippen LogP contribution in [0.4, 0.5) is 0 Å². The Labute approximate surface area is 134 Å². The first-order valence-electron chi connectivity index (χ1n) is 6.27. The van der Waals surface area contributed by atoms with E-state index in [2.05, 4.69) is 0 Å². The summed E-state index contributed by atoms with van der Waals surface area (Å²) < 4.78 is 23.1. The highest BCUT2D eigenvalue weighted by molar-refractivity contribution is 8.09. The molecule has 0 amide bonds. The lowest BCUT2D eigenvalue weighted by Crippen LogP contribution is -1.92. The van der Waals surface area contributed by atoms with Gasteiger partial charge >= 0.3 is 0 Å². The molecule has 2 nitrogen and oxygen atoms in total. The molecule has 2 rings (SSSR count). The first-order chi connectivity index (χ1) is 9.99. The van der Waals surface area contributed by atoms with Crippen LogP contribution in [0.25, 0.3) is 4.91 Å². The van der Waals surface area contributed by atoms with E-state index in [0.29, 0.717) is 0 Å². The van der Waals surface area contributed by atoms with Crippen LogP contribution in [0.2, 0.25) is 0 Å². The molecule has 5 heteroatoms. The second-order valence-electron chi connectivity index (χ2n) is 4.43. The Kier molecular flexibility index (Phi) is 5.56. The second-order valence-corrected chi connectivity index (χ2v) is 8.29. The van der Waals surface area contributed by atoms with Gasteiger partial charge in [0.2, 0.25) is 0 Å². The summed E-state index contributed by atoms with van der Waals surface area (Å²) in [6.07, 6.45) is 3.11. The molecule has 0 aliphatic heterocycles. The first-order valence-corrected chi connectivity index (χ1v) is 10.3. The molecule has 0 aliphatic rings. The Hall–Kier alpha value is -1.17. The minimum absolute atomic E-state index is 0.761. The molecule has 2 aromatic carbocycles. The summed E-state index contributed by atoms with van der Waals surface area (Å²) in [6.45, 7) is 0. The van der Waals surface area contributed by atoms with Gasteiger partial charge < -0.3 is 0 Å². The van der Waals surface area contributed by atoms with Gasteiger partial charge in [-0.25, -0.2) is 8.42 Å². The molecule has 0 unspecified atom stereocenters. The van der Waals surface area contributed by atoms with E-state index < -0.39 is 9.84 Å².